The van der Waals surface area contributed by atoms with Crippen LogP contribution in [-0.2, 0) is 0 Å². The van der Waals surface area contributed by atoms with E-state index in [0.29, 0.717) is 10.7 Å². The van der Waals surface area contributed by atoms with Crippen LogP contribution < -0.4 is 0 Å². The minimum Gasteiger partial charge on any atom is -0.229 e. The summed E-state index contributed by atoms with van der Waals surface area (Å²) in [4.78, 5) is 5.22. The predicted molar refractivity (Wildman–Crippen MR) is 64.5 cm³/mol. The molecule has 0 saturated heterocycles. The average Bonchev–Trinajstić information content (AvgIpc) is 2.29. The number of rotatable bonds is 2. The van der Waals surface area contributed by atoms with Gasteiger partial charge >= 0.3 is 0 Å². The molecule has 0 N–H and O–H groups in total. The van der Waals surface area contributed by atoms with E-state index >= 15 is 0 Å². The van der Waals surface area contributed by atoms with Crippen LogP contribution in [0.4, 0.5) is 0 Å². The third-order valence-corrected chi connectivity index (χ3v) is 2.99. The summed E-state index contributed by atoms with van der Waals surface area (Å²) in [6.45, 7) is 0. The summed E-state index contributed by atoms with van der Waals surface area (Å²) < 4.78 is 0. The van der Waals surface area contributed by atoms with E-state index in [1.165, 1.54) is 11.8 Å². The molecule has 16 heavy (non-hydrogen) atoms. The van der Waals surface area contributed by atoms with Crippen LogP contribution in [0.25, 0.3) is 0 Å². The zero-order chi connectivity index (χ0) is 11.4. The molecule has 0 amide bonds. The number of hydrogen-bond acceptors (Lipinski definition) is 3. The standard InChI is InChI=1S/C12H7ClN2S/c13-11-6-9(8-14)7-12(15-11)16-10-4-2-1-3-5-10/h1-7H. The Labute approximate surface area is 103 Å². The minimum atomic E-state index is 0.345. The molecular weight excluding hydrogens is 240 g/mol. The number of halogens is 1. The Morgan fingerprint density at radius 1 is 1.19 bits per heavy atom. The van der Waals surface area contributed by atoms with Crippen molar-refractivity contribution in [3.8, 4) is 6.07 Å². The second-order valence-corrected chi connectivity index (χ2v) is 4.52. The summed E-state index contributed by atoms with van der Waals surface area (Å²) in [5.74, 6) is 0. The molecule has 4 heteroatoms. The molecule has 0 aliphatic carbocycles. The number of nitrogens with zero attached hydrogens (tertiary/aromatic N) is 2. The minimum absolute atomic E-state index is 0.345. The van der Waals surface area contributed by atoms with Crippen LogP contribution in [-0.4, -0.2) is 4.98 Å². The summed E-state index contributed by atoms with van der Waals surface area (Å²) in [5.41, 5.74) is 0.526. The predicted octanol–water partition coefficient (Wildman–Crippen LogP) is 3.76. The topological polar surface area (TPSA) is 36.7 Å². The smallest absolute Gasteiger partial charge is 0.131 e. The van der Waals surface area contributed by atoms with E-state index < -0.39 is 0 Å². The molecule has 0 spiro atoms. The lowest BCUT2D eigenvalue weighted by Crippen LogP contribution is -1.84. The van der Waals surface area contributed by atoms with Crippen molar-refractivity contribution >= 4 is 23.4 Å². The lowest BCUT2D eigenvalue weighted by molar-refractivity contribution is 1.12. The molecule has 1 aromatic carbocycles. The summed E-state index contributed by atoms with van der Waals surface area (Å²) in [6, 6.07) is 15.2. The number of nitriles is 1. The second kappa shape index (κ2) is 5.02. The van der Waals surface area contributed by atoms with Crippen molar-refractivity contribution in [3.63, 3.8) is 0 Å². The van der Waals surface area contributed by atoms with Gasteiger partial charge in [0.05, 0.1) is 11.6 Å². The summed E-state index contributed by atoms with van der Waals surface area (Å²) in [7, 11) is 0. The van der Waals surface area contributed by atoms with Crippen molar-refractivity contribution in [1.29, 1.82) is 5.26 Å². The number of benzene rings is 1. The van der Waals surface area contributed by atoms with Gasteiger partial charge in [-0.2, -0.15) is 5.26 Å². The fourth-order valence-electron chi connectivity index (χ4n) is 1.20. The Balaban J connectivity index is 2.29. The Morgan fingerprint density at radius 2 is 1.94 bits per heavy atom. The molecule has 0 radical (unpaired) electrons. The van der Waals surface area contributed by atoms with E-state index in [0.717, 1.165) is 9.92 Å². The first kappa shape index (κ1) is 11.0. The van der Waals surface area contributed by atoms with Crippen LogP contribution in [0.5, 0.6) is 0 Å². The highest BCUT2D eigenvalue weighted by Gasteiger charge is 2.02. The highest BCUT2D eigenvalue weighted by Crippen LogP contribution is 2.27. The zero-order valence-corrected chi connectivity index (χ0v) is 9.79. The molecule has 2 aromatic rings. The Hall–Kier alpha value is -1.50. The zero-order valence-electron chi connectivity index (χ0n) is 8.22. The van der Waals surface area contributed by atoms with Gasteiger partial charge in [-0.05, 0) is 24.3 Å². The van der Waals surface area contributed by atoms with Crippen LogP contribution in [0.15, 0.2) is 52.4 Å². The van der Waals surface area contributed by atoms with Gasteiger partial charge in [-0.1, -0.05) is 41.6 Å². The first-order valence-corrected chi connectivity index (χ1v) is 5.78. The van der Waals surface area contributed by atoms with E-state index in [1.54, 1.807) is 12.1 Å². The van der Waals surface area contributed by atoms with Crippen molar-refractivity contribution in [2.24, 2.45) is 0 Å². The van der Waals surface area contributed by atoms with E-state index in [1.807, 2.05) is 30.3 Å². The highest BCUT2D eigenvalue weighted by atomic mass is 35.5. The van der Waals surface area contributed by atoms with Crippen molar-refractivity contribution in [2.45, 2.75) is 9.92 Å². The van der Waals surface area contributed by atoms with Crippen molar-refractivity contribution in [2.75, 3.05) is 0 Å². The maximum absolute atomic E-state index is 8.81. The molecular formula is C12H7ClN2S. The van der Waals surface area contributed by atoms with E-state index in [4.69, 9.17) is 16.9 Å². The first-order valence-electron chi connectivity index (χ1n) is 4.58. The Bertz CT molecular complexity index is 534. The number of pyridine rings is 1. The third-order valence-electron chi connectivity index (χ3n) is 1.87. The second-order valence-electron chi connectivity index (χ2n) is 3.04. The molecule has 0 fully saturated rings. The summed E-state index contributed by atoms with van der Waals surface area (Å²) in [5, 5.41) is 9.88. The van der Waals surface area contributed by atoms with Gasteiger partial charge in [-0.3, -0.25) is 0 Å². The van der Waals surface area contributed by atoms with Crippen molar-refractivity contribution < 1.29 is 0 Å². The quantitative estimate of drug-likeness (QED) is 0.757. The highest BCUT2D eigenvalue weighted by molar-refractivity contribution is 7.99. The third kappa shape index (κ3) is 2.75. The molecule has 1 aromatic heterocycles. The maximum atomic E-state index is 8.81. The average molecular weight is 247 g/mol. The lowest BCUT2D eigenvalue weighted by atomic mass is 10.3. The molecule has 0 saturated carbocycles. The number of hydrogen-bond donors (Lipinski definition) is 0. The number of aromatic nitrogens is 1. The van der Waals surface area contributed by atoms with E-state index in [9.17, 15) is 0 Å². The van der Waals surface area contributed by atoms with Gasteiger partial charge < -0.3 is 0 Å². The van der Waals surface area contributed by atoms with Crippen LogP contribution >= 0.6 is 23.4 Å². The molecule has 78 valence electrons. The van der Waals surface area contributed by atoms with Gasteiger partial charge in [0.25, 0.3) is 0 Å². The van der Waals surface area contributed by atoms with Gasteiger partial charge in [0.2, 0.25) is 0 Å². The van der Waals surface area contributed by atoms with Crippen LogP contribution in [0, 0.1) is 11.3 Å². The lowest BCUT2D eigenvalue weighted by Gasteiger charge is -2.01. The molecule has 1 heterocycles. The summed E-state index contributed by atoms with van der Waals surface area (Å²) in [6.07, 6.45) is 0. The van der Waals surface area contributed by atoms with Crippen molar-refractivity contribution in [3.05, 3.63) is 53.2 Å². The summed E-state index contributed by atoms with van der Waals surface area (Å²) >= 11 is 7.30. The van der Waals surface area contributed by atoms with Crippen molar-refractivity contribution in [1.82, 2.24) is 4.98 Å². The molecule has 2 rings (SSSR count). The van der Waals surface area contributed by atoms with Gasteiger partial charge in [-0.15, -0.1) is 0 Å². The van der Waals surface area contributed by atoms with Crippen LogP contribution in [0.1, 0.15) is 5.56 Å². The SMILES string of the molecule is N#Cc1cc(Cl)nc(Sc2ccccc2)c1. The van der Waals surface area contributed by atoms with Crippen LogP contribution in [0.2, 0.25) is 5.15 Å². The Kier molecular flexibility index (Phi) is 3.45. The Morgan fingerprint density at radius 3 is 2.62 bits per heavy atom. The van der Waals surface area contributed by atoms with Crippen LogP contribution in [0.3, 0.4) is 0 Å². The van der Waals surface area contributed by atoms with Gasteiger partial charge in [0.15, 0.2) is 0 Å². The monoisotopic (exact) mass is 246 g/mol. The van der Waals surface area contributed by atoms with Gasteiger partial charge in [-0.25, -0.2) is 4.98 Å². The molecule has 2 nitrogen and oxygen atoms in total. The van der Waals surface area contributed by atoms with E-state index in [-0.39, 0.29) is 0 Å². The van der Waals surface area contributed by atoms with Gasteiger partial charge in [0, 0.05) is 4.90 Å². The van der Waals surface area contributed by atoms with Gasteiger partial charge in [0.1, 0.15) is 10.2 Å². The van der Waals surface area contributed by atoms with E-state index in [2.05, 4.69) is 11.1 Å². The molecule has 0 unspecified atom stereocenters. The maximum Gasteiger partial charge on any atom is 0.131 e. The molecule has 0 atom stereocenters. The largest absolute Gasteiger partial charge is 0.229 e. The first-order chi connectivity index (χ1) is 7.78. The fraction of sp³-hybridized carbons (Fsp3) is 0. The normalized spacial score (nSPS) is 9.75. The molecule has 0 aliphatic heterocycles. The fourth-order valence-corrected chi connectivity index (χ4v) is 2.32. The molecule has 0 bridgehead atoms. The molecule has 0 aliphatic rings.